The van der Waals surface area contributed by atoms with Gasteiger partial charge in [-0.2, -0.15) is 0 Å². The van der Waals surface area contributed by atoms with Crippen molar-refractivity contribution in [1.82, 2.24) is 15.2 Å². The molecule has 2 heterocycles. The molecule has 6 nitrogen and oxygen atoms in total. The zero-order valence-electron chi connectivity index (χ0n) is 17.5. The Morgan fingerprint density at radius 2 is 1.87 bits per heavy atom. The molecule has 1 saturated heterocycles. The second-order valence-electron chi connectivity index (χ2n) is 7.60. The Labute approximate surface area is 186 Å². The van der Waals surface area contributed by atoms with Gasteiger partial charge in [0, 0.05) is 52.9 Å². The predicted molar refractivity (Wildman–Crippen MR) is 124 cm³/mol. The minimum Gasteiger partial charge on any atom is -0.352 e. The van der Waals surface area contributed by atoms with Gasteiger partial charge in [-0.1, -0.05) is 29.8 Å². The number of carbonyl (C=O) groups excluding carboxylic acids is 2. The molecule has 0 radical (unpaired) electrons. The van der Waals surface area contributed by atoms with Gasteiger partial charge in [-0.15, -0.1) is 0 Å². The molecule has 0 aliphatic carbocycles. The molecular weight excluding hydrogens is 412 g/mol. The molecule has 1 aliphatic rings. The maximum Gasteiger partial charge on any atom is 0.256 e. The smallest absolute Gasteiger partial charge is 0.256 e. The Morgan fingerprint density at radius 3 is 2.65 bits per heavy atom. The molecule has 1 aliphatic heterocycles. The molecule has 0 bridgehead atoms. The molecule has 2 aromatic carbocycles. The van der Waals surface area contributed by atoms with Gasteiger partial charge in [-0.05, 0) is 50.5 Å². The van der Waals surface area contributed by atoms with Crippen molar-refractivity contribution in [2.45, 2.75) is 26.2 Å². The summed E-state index contributed by atoms with van der Waals surface area (Å²) in [5.41, 5.74) is 1.81. The normalized spacial score (nSPS) is 13.8. The lowest BCUT2D eigenvalue weighted by atomic mass is 10.0. The number of pyridine rings is 1. The molecule has 2 N–H and O–H groups in total. The van der Waals surface area contributed by atoms with Crippen LogP contribution in [0.5, 0.6) is 0 Å². The van der Waals surface area contributed by atoms with Crippen LogP contribution in [-0.4, -0.2) is 41.3 Å². The molecule has 0 saturated carbocycles. The number of aromatic nitrogens is 1. The second-order valence-corrected chi connectivity index (χ2v) is 8.01. The van der Waals surface area contributed by atoms with E-state index >= 15 is 0 Å². The number of halogens is 1. The molecule has 7 heteroatoms. The lowest BCUT2D eigenvalue weighted by Gasteiger charge is -2.27. The molecule has 2 amide bonds. The van der Waals surface area contributed by atoms with Gasteiger partial charge < -0.3 is 15.5 Å². The third kappa shape index (κ3) is 4.49. The number of carbonyl (C=O) groups is 2. The van der Waals surface area contributed by atoms with Gasteiger partial charge in [0.15, 0.2) is 0 Å². The Balaban J connectivity index is 1.70. The number of rotatable bonds is 5. The molecule has 4 rings (SSSR count). The van der Waals surface area contributed by atoms with Crippen LogP contribution >= 0.6 is 11.6 Å². The van der Waals surface area contributed by atoms with Crippen molar-refractivity contribution in [3.05, 3.63) is 64.8 Å². The van der Waals surface area contributed by atoms with E-state index in [0.29, 0.717) is 33.9 Å². The average molecular weight is 437 g/mol. The Hall–Kier alpha value is -3.12. The molecule has 1 fully saturated rings. The summed E-state index contributed by atoms with van der Waals surface area (Å²) in [7, 11) is 0. The van der Waals surface area contributed by atoms with E-state index in [1.807, 2.05) is 36.1 Å². The van der Waals surface area contributed by atoms with Gasteiger partial charge >= 0.3 is 0 Å². The minimum absolute atomic E-state index is 0.0323. The number of fused-ring (bicyclic) bond motifs is 1. The minimum atomic E-state index is -0.130. The highest BCUT2D eigenvalue weighted by atomic mass is 35.5. The average Bonchev–Trinajstić information content (AvgIpc) is 2.80. The van der Waals surface area contributed by atoms with Crippen molar-refractivity contribution in [1.29, 1.82) is 0 Å². The van der Waals surface area contributed by atoms with Crippen LogP contribution < -0.4 is 10.6 Å². The van der Waals surface area contributed by atoms with Crippen LogP contribution in [-0.2, 0) is 0 Å². The van der Waals surface area contributed by atoms with Crippen LogP contribution in [0.4, 0.5) is 11.5 Å². The highest BCUT2D eigenvalue weighted by molar-refractivity contribution is 6.37. The summed E-state index contributed by atoms with van der Waals surface area (Å²) in [6, 6.07) is 12.8. The third-order valence-corrected chi connectivity index (χ3v) is 5.77. The maximum atomic E-state index is 13.2. The number of amides is 2. The Morgan fingerprint density at radius 1 is 1.10 bits per heavy atom. The number of hydrogen-bond acceptors (Lipinski definition) is 4. The van der Waals surface area contributed by atoms with Crippen LogP contribution in [0, 0.1) is 0 Å². The number of nitrogens with one attached hydrogen (secondary N) is 2. The van der Waals surface area contributed by atoms with E-state index < -0.39 is 0 Å². The number of anilines is 2. The summed E-state index contributed by atoms with van der Waals surface area (Å²) in [6.45, 7) is 3.97. The lowest BCUT2D eigenvalue weighted by molar-refractivity contribution is 0.0725. The molecule has 3 aromatic rings. The first kappa shape index (κ1) is 21.1. The largest absolute Gasteiger partial charge is 0.352 e. The van der Waals surface area contributed by atoms with Gasteiger partial charge in [0.1, 0.15) is 5.82 Å². The van der Waals surface area contributed by atoms with Crippen molar-refractivity contribution in [3.63, 3.8) is 0 Å². The van der Waals surface area contributed by atoms with Crippen molar-refractivity contribution in [2.75, 3.05) is 25.0 Å². The molecular formula is C24H25ClN4O2. The molecule has 0 spiro atoms. The van der Waals surface area contributed by atoms with Gasteiger partial charge in [0.2, 0.25) is 0 Å². The summed E-state index contributed by atoms with van der Waals surface area (Å²) in [4.78, 5) is 31.8. The van der Waals surface area contributed by atoms with E-state index in [1.54, 1.807) is 24.4 Å². The quantitative estimate of drug-likeness (QED) is 0.589. The molecule has 31 heavy (non-hydrogen) atoms. The molecule has 160 valence electrons. The standard InChI is InChI=1S/C24H25ClN4O2/c1-2-26-23(30)16-8-6-9-17(14-16)28-22-18-10-7-11-20(25)21(18)19(15-27-22)24(31)29-12-4-3-5-13-29/h6-11,14-15H,2-5,12-13H2,1H3,(H,26,30)(H,27,28). The second kappa shape index (κ2) is 9.35. The van der Waals surface area contributed by atoms with E-state index in [-0.39, 0.29) is 11.8 Å². The first-order valence-corrected chi connectivity index (χ1v) is 11.0. The first-order chi connectivity index (χ1) is 15.1. The fourth-order valence-corrected chi connectivity index (χ4v) is 4.20. The number of nitrogens with zero attached hydrogens (tertiary/aromatic N) is 2. The van der Waals surface area contributed by atoms with Gasteiger partial charge in [-0.3, -0.25) is 9.59 Å². The van der Waals surface area contributed by atoms with E-state index in [0.717, 1.165) is 43.4 Å². The van der Waals surface area contributed by atoms with Crippen LogP contribution in [0.1, 0.15) is 46.9 Å². The van der Waals surface area contributed by atoms with Crippen molar-refractivity contribution in [3.8, 4) is 0 Å². The van der Waals surface area contributed by atoms with Crippen molar-refractivity contribution >= 4 is 45.7 Å². The van der Waals surface area contributed by atoms with E-state index in [9.17, 15) is 9.59 Å². The predicted octanol–water partition coefficient (Wildman–Crippen LogP) is 5.01. The number of likely N-dealkylation sites (tertiary alicyclic amines) is 1. The van der Waals surface area contributed by atoms with E-state index in [4.69, 9.17) is 11.6 Å². The molecule has 1 aromatic heterocycles. The fraction of sp³-hybridized carbons (Fsp3) is 0.292. The van der Waals surface area contributed by atoms with Crippen molar-refractivity contribution < 1.29 is 9.59 Å². The summed E-state index contributed by atoms with van der Waals surface area (Å²) >= 11 is 6.54. The first-order valence-electron chi connectivity index (χ1n) is 10.6. The zero-order valence-corrected chi connectivity index (χ0v) is 18.2. The highest BCUT2D eigenvalue weighted by Gasteiger charge is 2.22. The van der Waals surface area contributed by atoms with Crippen molar-refractivity contribution in [2.24, 2.45) is 0 Å². The highest BCUT2D eigenvalue weighted by Crippen LogP contribution is 2.33. The van der Waals surface area contributed by atoms with E-state index in [1.165, 1.54) is 0 Å². The number of piperidine rings is 1. The van der Waals surface area contributed by atoms with Crippen LogP contribution in [0.3, 0.4) is 0 Å². The molecule has 0 unspecified atom stereocenters. The summed E-state index contributed by atoms with van der Waals surface area (Å²) in [5.74, 6) is 0.422. The fourth-order valence-electron chi connectivity index (χ4n) is 3.93. The summed E-state index contributed by atoms with van der Waals surface area (Å²) in [6.07, 6.45) is 4.79. The van der Waals surface area contributed by atoms with Crippen LogP contribution in [0.2, 0.25) is 5.02 Å². The number of benzene rings is 2. The maximum absolute atomic E-state index is 13.2. The third-order valence-electron chi connectivity index (χ3n) is 5.46. The Bertz CT molecular complexity index is 1130. The zero-order chi connectivity index (χ0) is 21.8. The van der Waals surface area contributed by atoms with E-state index in [2.05, 4.69) is 15.6 Å². The summed E-state index contributed by atoms with van der Waals surface area (Å²) in [5, 5.41) is 8.05. The topological polar surface area (TPSA) is 74.3 Å². The van der Waals surface area contributed by atoms with Gasteiger partial charge in [0.25, 0.3) is 11.8 Å². The SMILES string of the molecule is CCNC(=O)c1cccc(Nc2ncc(C(=O)N3CCCCC3)c3c(Cl)cccc23)c1. The summed E-state index contributed by atoms with van der Waals surface area (Å²) < 4.78 is 0. The Kier molecular flexibility index (Phi) is 6.37. The van der Waals surface area contributed by atoms with Gasteiger partial charge in [-0.25, -0.2) is 4.98 Å². The molecule has 0 atom stereocenters. The van der Waals surface area contributed by atoms with Gasteiger partial charge in [0.05, 0.1) is 5.56 Å². The van der Waals surface area contributed by atoms with Crippen LogP contribution in [0.15, 0.2) is 48.7 Å². The monoisotopic (exact) mass is 436 g/mol. The van der Waals surface area contributed by atoms with Crippen LogP contribution in [0.25, 0.3) is 10.8 Å². The lowest BCUT2D eigenvalue weighted by Crippen LogP contribution is -2.35. The number of hydrogen-bond donors (Lipinski definition) is 2.